The lowest BCUT2D eigenvalue weighted by Crippen LogP contribution is -2.33. The van der Waals surface area contributed by atoms with E-state index in [0.717, 1.165) is 4.90 Å². The molecule has 2 heterocycles. The van der Waals surface area contributed by atoms with Crippen LogP contribution in [0, 0.1) is 0 Å². The number of nitrogens with one attached hydrogen (secondary N) is 1. The van der Waals surface area contributed by atoms with Gasteiger partial charge in [0, 0.05) is 21.5 Å². The third-order valence-electron chi connectivity index (χ3n) is 5.03. The third-order valence-corrected chi connectivity index (χ3v) is 5.84. The number of H-pyrrole nitrogens is 1. The van der Waals surface area contributed by atoms with E-state index in [-0.39, 0.29) is 52.4 Å². The third kappa shape index (κ3) is 4.31. The minimum atomic E-state index is -1.25. The molecular formula is C21H15Cl3FN3O5. The number of ether oxygens (including phenoxy) is 1. The van der Waals surface area contributed by atoms with Crippen LogP contribution in [0.4, 0.5) is 14.9 Å². The monoisotopic (exact) mass is 513 g/mol. The van der Waals surface area contributed by atoms with Crippen molar-refractivity contribution in [1.82, 2.24) is 9.88 Å². The van der Waals surface area contributed by atoms with E-state index < -0.39 is 24.6 Å². The number of fused-ring (bicyclic) bond motifs is 1. The van der Waals surface area contributed by atoms with Crippen LogP contribution in [-0.2, 0) is 11.3 Å². The highest BCUT2D eigenvalue weighted by Crippen LogP contribution is 2.35. The van der Waals surface area contributed by atoms with Gasteiger partial charge in [-0.25, -0.2) is 18.9 Å². The van der Waals surface area contributed by atoms with Crippen LogP contribution < -0.4 is 9.64 Å². The molecule has 0 aliphatic carbocycles. The number of nitrogens with zero attached hydrogens (tertiary/aromatic N) is 2. The summed E-state index contributed by atoms with van der Waals surface area (Å²) in [6.07, 6.45) is 0. The van der Waals surface area contributed by atoms with E-state index >= 15 is 0 Å². The zero-order chi connectivity index (χ0) is 23.9. The smallest absolute Gasteiger partial charge is 0.352 e. The maximum atomic E-state index is 13.1. The average molecular weight is 515 g/mol. The number of hydrogen-bond donors (Lipinski definition) is 2. The van der Waals surface area contributed by atoms with Gasteiger partial charge in [0.2, 0.25) is 0 Å². The average Bonchev–Trinajstić information content (AvgIpc) is 3.24. The number of alkyl halides is 1. The number of carboxylic acid groups (broad SMARTS) is 1. The van der Waals surface area contributed by atoms with E-state index in [0.29, 0.717) is 15.9 Å². The number of hydrogen-bond acceptors (Lipinski definition) is 4. The Kier molecular flexibility index (Phi) is 6.38. The summed E-state index contributed by atoms with van der Waals surface area (Å²) in [5.41, 5.74) is 0.679. The fraction of sp³-hybridized carbons (Fsp3) is 0.190. The molecule has 0 unspecified atom stereocenters. The summed E-state index contributed by atoms with van der Waals surface area (Å²) in [6, 6.07) is 6.57. The van der Waals surface area contributed by atoms with Crippen LogP contribution in [0.5, 0.6) is 5.75 Å². The standard InChI is InChI=1S/C21H15Cl3FN3O5/c22-10-5-14(24)18-12(19(20(30)31)26-15(18)6-10)8-27-9-17(29)28(21(27)32)11-1-2-16(13(23)7-11)33-4-3-25/h1-2,5-7,26H,3-4,8-9H2,(H,30,31). The van der Waals surface area contributed by atoms with Crippen molar-refractivity contribution in [2.24, 2.45) is 0 Å². The molecular weight excluding hydrogens is 500 g/mol. The molecule has 2 aromatic carbocycles. The molecule has 8 nitrogen and oxygen atoms in total. The lowest BCUT2D eigenvalue weighted by atomic mass is 10.1. The van der Waals surface area contributed by atoms with Crippen LogP contribution in [0.15, 0.2) is 30.3 Å². The number of rotatable bonds is 7. The number of carbonyl (C=O) groups is 3. The number of urea groups is 1. The molecule has 1 aliphatic heterocycles. The summed E-state index contributed by atoms with van der Waals surface area (Å²) in [4.78, 5) is 42.4. The Balaban J connectivity index is 1.65. The second-order valence-electron chi connectivity index (χ2n) is 7.11. The summed E-state index contributed by atoms with van der Waals surface area (Å²) >= 11 is 18.4. The number of aromatic nitrogens is 1. The number of carboxylic acids is 1. The number of amides is 3. The van der Waals surface area contributed by atoms with Gasteiger partial charge in [0.15, 0.2) is 0 Å². The number of anilines is 1. The van der Waals surface area contributed by atoms with Crippen LogP contribution >= 0.6 is 34.8 Å². The van der Waals surface area contributed by atoms with Crippen molar-refractivity contribution in [2.45, 2.75) is 6.54 Å². The maximum Gasteiger partial charge on any atom is 0.352 e. The molecule has 3 aromatic rings. The van der Waals surface area contributed by atoms with Gasteiger partial charge in [-0.05, 0) is 30.3 Å². The highest BCUT2D eigenvalue weighted by Gasteiger charge is 2.38. The van der Waals surface area contributed by atoms with Gasteiger partial charge in [0.25, 0.3) is 5.91 Å². The summed E-state index contributed by atoms with van der Waals surface area (Å²) in [5.74, 6) is -1.56. The number of aromatic carboxylic acids is 1. The number of benzene rings is 2. The van der Waals surface area contributed by atoms with E-state index in [2.05, 4.69) is 4.98 Å². The summed E-state index contributed by atoms with van der Waals surface area (Å²) < 4.78 is 17.5. The zero-order valence-electron chi connectivity index (χ0n) is 16.7. The fourth-order valence-corrected chi connectivity index (χ4v) is 4.50. The first-order valence-corrected chi connectivity index (χ1v) is 10.7. The summed E-state index contributed by atoms with van der Waals surface area (Å²) in [7, 11) is 0. The van der Waals surface area contributed by atoms with Crippen molar-refractivity contribution in [3.05, 3.63) is 56.7 Å². The highest BCUT2D eigenvalue weighted by molar-refractivity contribution is 6.39. The maximum absolute atomic E-state index is 13.1. The Labute approximate surface area is 201 Å². The second-order valence-corrected chi connectivity index (χ2v) is 8.36. The van der Waals surface area contributed by atoms with Crippen molar-refractivity contribution in [3.8, 4) is 5.75 Å². The minimum absolute atomic E-state index is 0.105. The highest BCUT2D eigenvalue weighted by atomic mass is 35.5. The van der Waals surface area contributed by atoms with Crippen LogP contribution in [0.3, 0.4) is 0 Å². The normalized spacial score (nSPS) is 13.9. The molecule has 172 valence electrons. The van der Waals surface area contributed by atoms with E-state index in [4.69, 9.17) is 39.5 Å². The van der Waals surface area contributed by atoms with Gasteiger partial charge in [-0.15, -0.1) is 0 Å². The van der Waals surface area contributed by atoms with Crippen LogP contribution in [0.2, 0.25) is 15.1 Å². The van der Waals surface area contributed by atoms with Crippen molar-refractivity contribution >= 4 is 69.3 Å². The van der Waals surface area contributed by atoms with Crippen molar-refractivity contribution in [1.29, 1.82) is 0 Å². The van der Waals surface area contributed by atoms with Gasteiger partial charge >= 0.3 is 12.0 Å². The van der Waals surface area contributed by atoms with Crippen LogP contribution in [0.1, 0.15) is 16.1 Å². The Morgan fingerprint density at radius 2 is 1.91 bits per heavy atom. The van der Waals surface area contributed by atoms with E-state index in [1.54, 1.807) is 0 Å². The lowest BCUT2D eigenvalue weighted by Gasteiger charge is -2.18. The van der Waals surface area contributed by atoms with Gasteiger partial charge in [-0.2, -0.15) is 0 Å². The molecule has 0 atom stereocenters. The molecule has 1 aliphatic rings. The number of aromatic amines is 1. The Morgan fingerprint density at radius 3 is 2.58 bits per heavy atom. The molecule has 0 radical (unpaired) electrons. The molecule has 0 spiro atoms. The molecule has 33 heavy (non-hydrogen) atoms. The molecule has 0 bridgehead atoms. The molecule has 2 N–H and O–H groups in total. The molecule has 4 rings (SSSR count). The van der Waals surface area contributed by atoms with Gasteiger partial charge < -0.3 is 19.7 Å². The van der Waals surface area contributed by atoms with Crippen molar-refractivity contribution in [2.75, 3.05) is 24.7 Å². The van der Waals surface area contributed by atoms with Crippen LogP contribution in [-0.4, -0.2) is 52.7 Å². The van der Waals surface area contributed by atoms with Gasteiger partial charge in [0.05, 0.1) is 22.3 Å². The molecule has 12 heteroatoms. The molecule has 0 saturated carbocycles. The van der Waals surface area contributed by atoms with Crippen molar-refractivity contribution in [3.63, 3.8) is 0 Å². The summed E-state index contributed by atoms with van der Waals surface area (Å²) in [6.45, 7) is -1.35. The molecule has 1 saturated heterocycles. The lowest BCUT2D eigenvalue weighted by molar-refractivity contribution is -0.116. The van der Waals surface area contributed by atoms with E-state index in [1.807, 2.05) is 0 Å². The number of carbonyl (C=O) groups excluding carboxylic acids is 2. The quantitative estimate of drug-likeness (QED) is 0.425. The number of halogens is 4. The van der Waals surface area contributed by atoms with Gasteiger partial charge in [0.1, 0.15) is 31.3 Å². The second kappa shape index (κ2) is 9.09. The molecule has 3 amide bonds. The van der Waals surface area contributed by atoms with Gasteiger partial charge in [-0.3, -0.25) is 4.79 Å². The number of imide groups is 1. The Hall–Kier alpha value is -3.01. The van der Waals surface area contributed by atoms with Crippen molar-refractivity contribution < 1.29 is 28.6 Å². The largest absolute Gasteiger partial charge is 0.489 e. The zero-order valence-corrected chi connectivity index (χ0v) is 19.0. The first-order valence-electron chi connectivity index (χ1n) is 9.54. The predicted octanol–water partition coefficient (Wildman–Crippen LogP) is 5.14. The predicted molar refractivity (Wildman–Crippen MR) is 121 cm³/mol. The first-order chi connectivity index (χ1) is 15.7. The topological polar surface area (TPSA) is 103 Å². The summed E-state index contributed by atoms with van der Waals surface area (Å²) in [5, 5.41) is 10.7. The molecule has 1 fully saturated rings. The van der Waals surface area contributed by atoms with E-state index in [1.165, 1.54) is 35.2 Å². The Bertz CT molecular complexity index is 1300. The minimum Gasteiger partial charge on any atom is -0.489 e. The van der Waals surface area contributed by atoms with Gasteiger partial charge in [-0.1, -0.05) is 34.8 Å². The fourth-order valence-electron chi connectivity index (χ4n) is 3.67. The SMILES string of the molecule is O=C(O)c1[nH]c2cc(Cl)cc(Cl)c2c1CN1CC(=O)N(c2ccc(OCCF)c(Cl)c2)C1=O. The molecule has 1 aromatic heterocycles. The first kappa shape index (κ1) is 23.2. The Morgan fingerprint density at radius 1 is 1.15 bits per heavy atom. The van der Waals surface area contributed by atoms with E-state index in [9.17, 15) is 23.9 Å². The van der Waals surface area contributed by atoms with Crippen LogP contribution in [0.25, 0.3) is 10.9 Å².